The van der Waals surface area contributed by atoms with Gasteiger partial charge in [-0.25, -0.2) is 0 Å². The topological polar surface area (TPSA) is 93.4 Å². The van der Waals surface area contributed by atoms with Crippen molar-refractivity contribution in [2.24, 2.45) is 0 Å². The van der Waals surface area contributed by atoms with E-state index in [-0.39, 0.29) is 19.6 Å². The van der Waals surface area contributed by atoms with Crippen molar-refractivity contribution in [1.29, 1.82) is 5.26 Å². The van der Waals surface area contributed by atoms with Crippen LogP contribution in [0.5, 0.6) is 0 Å². The maximum Gasteiger partial charge on any atom is 0.238 e. The molecule has 20 heavy (non-hydrogen) atoms. The van der Waals surface area contributed by atoms with Crippen LogP contribution < -0.4 is 5.32 Å². The summed E-state index contributed by atoms with van der Waals surface area (Å²) in [4.78, 5) is 11.6. The van der Waals surface area contributed by atoms with Crippen molar-refractivity contribution in [3.05, 3.63) is 41.5 Å². The molecule has 0 aliphatic heterocycles. The van der Waals surface area contributed by atoms with Gasteiger partial charge in [-0.3, -0.25) is 4.79 Å². The Labute approximate surface area is 116 Å². The molecule has 2 aromatic carbocycles. The summed E-state index contributed by atoms with van der Waals surface area (Å²) < 4.78 is 0. The first-order valence-corrected chi connectivity index (χ1v) is 6.13. The predicted octanol–water partition coefficient (Wildman–Crippen LogP) is 1.68. The van der Waals surface area contributed by atoms with Crippen LogP contribution in [0, 0.1) is 11.3 Å². The van der Waals surface area contributed by atoms with Crippen molar-refractivity contribution in [2.75, 3.05) is 5.32 Å². The summed E-state index contributed by atoms with van der Waals surface area (Å²) in [6.07, 6.45) is -0.232. The third-order valence-corrected chi connectivity index (χ3v) is 3.07. The Morgan fingerprint density at radius 2 is 1.85 bits per heavy atom. The number of benzene rings is 2. The second-order valence-electron chi connectivity index (χ2n) is 4.31. The van der Waals surface area contributed by atoms with Gasteiger partial charge in [0.25, 0.3) is 0 Å². The molecule has 0 aliphatic rings. The van der Waals surface area contributed by atoms with Crippen LogP contribution in [-0.4, -0.2) is 16.1 Å². The number of nitrogens with one attached hydrogen (secondary N) is 1. The van der Waals surface area contributed by atoms with E-state index in [1.165, 1.54) is 0 Å². The fraction of sp³-hybridized carbons (Fsp3) is 0.200. The molecule has 2 rings (SSSR count). The third-order valence-electron chi connectivity index (χ3n) is 3.07. The molecule has 0 heterocycles. The zero-order chi connectivity index (χ0) is 14.5. The molecular formula is C15H14N2O3. The Balaban J connectivity index is 2.60. The molecule has 0 radical (unpaired) electrons. The van der Waals surface area contributed by atoms with Gasteiger partial charge in [0, 0.05) is 11.1 Å². The molecule has 0 fully saturated rings. The molecule has 2 aromatic rings. The largest absolute Gasteiger partial charge is 0.392 e. The Kier molecular flexibility index (Phi) is 4.31. The summed E-state index contributed by atoms with van der Waals surface area (Å²) in [7, 11) is 0. The van der Waals surface area contributed by atoms with Crippen LogP contribution in [0.2, 0.25) is 0 Å². The first kappa shape index (κ1) is 14.0. The van der Waals surface area contributed by atoms with Crippen molar-refractivity contribution >= 4 is 22.4 Å². The molecular weight excluding hydrogens is 256 g/mol. The number of aliphatic hydroxyl groups excluding tert-OH is 2. The number of anilines is 1. The maximum absolute atomic E-state index is 11.6. The molecule has 0 aliphatic carbocycles. The number of carbonyl (C=O) groups is 1. The fourth-order valence-electron chi connectivity index (χ4n) is 2.18. The van der Waals surface area contributed by atoms with E-state index in [1.807, 2.05) is 6.07 Å². The van der Waals surface area contributed by atoms with Gasteiger partial charge in [-0.2, -0.15) is 5.26 Å². The standard InChI is InChI=1S/C15H14N2O3/c16-7-6-14(20)17-13-3-1-2-12-10(8-18)4-5-11(9-19)15(12)13/h1-5,18-19H,6,8-9H2,(H,17,20). The Hall–Kier alpha value is -2.42. The van der Waals surface area contributed by atoms with E-state index in [9.17, 15) is 15.0 Å². The van der Waals surface area contributed by atoms with Gasteiger partial charge in [-0.1, -0.05) is 24.3 Å². The molecule has 102 valence electrons. The maximum atomic E-state index is 11.6. The van der Waals surface area contributed by atoms with E-state index >= 15 is 0 Å². The first-order valence-electron chi connectivity index (χ1n) is 6.13. The number of nitrogens with zero attached hydrogens (tertiary/aromatic N) is 1. The smallest absolute Gasteiger partial charge is 0.238 e. The minimum Gasteiger partial charge on any atom is -0.392 e. The molecule has 0 saturated carbocycles. The second-order valence-corrected chi connectivity index (χ2v) is 4.31. The van der Waals surface area contributed by atoms with Gasteiger partial charge in [0.15, 0.2) is 0 Å². The van der Waals surface area contributed by atoms with Gasteiger partial charge in [0.05, 0.1) is 19.3 Å². The van der Waals surface area contributed by atoms with E-state index in [4.69, 9.17) is 5.26 Å². The first-order chi connectivity index (χ1) is 9.71. The van der Waals surface area contributed by atoms with Crippen molar-refractivity contribution in [3.63, 3.8) is 0 Å². The summed E-state index contributed by atoms with van der Waals surface area (Å²) in [5.74, 6) is -0.404. The SMILES string of the molecule is N#CCC(=O)Nc1cccc2c(CO)ccc(CO)c12. The molecule has 0 unspecified atom stereocenters. The predicted molar refractivity (Wildman–Crippen MR) is 74.7 cm³/mol. The molecule has 5 nitrogen and oxygen atoms in total. The van der Waals surface area contributed by atoms with Gasteiger partial charge >= 0.3 is 0 Å². The highest BCUT2D eigenvalue weighted by molar-refractivity contribution is 6.05. The van der Waals surface area contributed by atoms with Crippen LogP contribution in [0.3, 0.4) is 0 Å². The highest BCUT2D eigenvalue weighted by Gasteiger charge is 2.11. The van der Waals surface area contributed by atoms with Crippen LogP contribution in [0.25, 0.3) is 10.8 Å². The lowest BCUT2D eigenvalue weighted by Crippen LogP contribution is -2.11. The average Bonchev–Trinajstić information content (AvgIpc) is 2.46. The number of carbonyl (C=O) groups excluding carboxylic acids is 1. The Morgan fingerprint density at radius 3 is 2.50 bits per heavy atom. The van der Waals surface area contributed by atoms with Crippen molar-refractivity contribution in [3.8, 4) is 6.07 Å². The number of aliphatic hydroxyl groups is 2. The summed E-state index contributed by atoms with van der Waals surface area (Å²) in [6.45, 7) is -0.300. The van der Waals surface area contributed by atoms with E-state index in [1.54, 1.807) is 30.3 Å². The zero-order valence-corrected chi connectivity index (χ0v) is 10.8. The number of hydrogen-bond donors (Lipinski definition) is 3. The number of hydrogen-bond acceptors (Lipinski definition) is 4. The molecule has 0 bridgehead atoms. The van der Waals surface area contributed by atoms with Crippen LogP contribution in [0.15, 0.2) is 30.3 Å². The minimum absolute atomic E-state index is 0.127. The second kappa shape index (κ2) is 6.15. The zero-order valence-electron chi connectivity index (χ0n) is 10.8. The number of amides is 1. The van der Waals surface area contributed by atoms with E-state index in [0.29, 0.717) is 22.2 Å². The van der Waals surface area contributed by atoms with Gasteiger partial charge in [-0.05, 0) is 22.6 Å². The van der Waals surface area contributed by atoms with Crippen molar-refractivity contribution in [1.82, 2.24) is 0 Å². The highest BCUT2D eigenvalue weighted by Crippen LogP contribution is 2.30. The Bertz CT molecular complexity index is 689. The lowest BCUT2D eigenvalue weighted by atomic mass is 9.98. The number of nitriles is 1. The number of fused-ring (bicyclic) bond motifs is 1. The third kappa shape index (κ3) is 2.62. The summed E-state index contributed by atoms with van der Waals surface area (Å²) in [6, 6.07) is 10.5. The summed E-state index contributed by atoms with van der Waals surface area (Å²) in [5.41, 5.74) is 1.90. The Morgan fingerprint density at radius 1 is 1.15 bits per heavy atom. The molecule has 1 amide bonds. The average molecular weight is 270 g/mol. The monoisotopic (exact) mass is 270 g/mol. The minimum atomic E-state index is -0.404. The van der Waals surface area contributed by atoms with E-state index in [2.05, 4.69) is 5.32 Å². The molecule has 0 aromatic heterocycles. The lowest BCUT2D eigenvalue weighted by molar-refractivity contribution is -0.115. The quantitative estimate of drug-likeness (QED) is 0.788. The van der Waals surface area contributed by atoms with Gasteiger partial charge in [0.1, 0.15) is 6.42 Å². The summed E-state index contributed by atoms with van der Waals surface area (Å²) >= 11 is 0. The molecule has 0 spiro atoms. The van der Waals surface area contributed by atoms with Gasteiger partial charge < -0.3 is 15.5 Å². The highest BCUT2D eigenvalue weighted by atomic mass is 16.3. The van der Waals surface area contributed by atoms with Crippen LogP contribution in [-0.2, 0) is 18.0 Å². The molecule has 3 N–H and O–H groups in total. The summed E-state index contributed by atoms with van der Waals surface area (Å²) in [5, 5.41) is 31.4. The van der Waals surface area contributed by atoms with Crippen LogP contribution >= 0.6 is 0 Å². The molecule has 0 saturated heterocycles. The lowest BCUT2D eigenvalue weighted by Gasteiger charge is -2.13. The van der Waals surface area contributed by atoms with Crippen LogP contribution in [0.4, 0.5) is 5.69 Å². The van der Waals surface area contributed by atoms with E-state index < -0.39 is 5.91 Å². The molecule has 5 heteroatoms. The fourth-order valence-corrected chi connectivity index (χ4v) is 2.18. The van der Waals surface area contributed by atoms with Gasteiger partial charge in [0.2, 0.25) is 5.91 Å². The molecule has 0 atom stereocenters. The van der Waals surface area contributed by atoms with Crippen molar-refractivity contribution < 1.29 is 15.0 Å². The number of rotatable bonds is 4. The normalized spacial score (nSPS) is 10.2. The van der Waals surface area contributed by atoms with E-state index in [0.717, 1.165) is 5.39 Å². The van der Waals surface area contributed by atoms with Crippen molar-refractivity contribution in [2.45, 2.75) is 19.6 Å². The van der Waals surface area contributed by atoms with Crippen LogP contribution in [0.1, 0.15) is 17.5 Å². The van der Waals surface area contributed by atoms with Gasteiger partial charge in [-0.15, -0.1) is 0 Å².